The summed E-state index contributed by atoms with van der Waals surface area (Å²) in [6.45, 7) is 6.52. The Balaban J connectivity index is 1.45. The first-order chi connectivity index (χ1) is 14.6. The predicted octanol–water partition coefficient (Wildman–Crippen LogP) is 3.58. The number of nitrogens with zero attached hydrogens (tertiary/aromatic N) is 6. The SMILES string of the molecule is Cc1ccc(Cl)cc1N1CCN(C/C(O)=C(\C#N)c2nnc3n2CCCCC3)CC1. The molecule has 1 fully saturated rings. The highest BCUT2D eigenvalue weighted by Crippen LogP contribution is 2.26. The summed E-state index contributed by atoms with van der Waals surface area (Å²) in [7, 11) is 0. The van der Waals surface area contributed by atoms with Gasteiger partial charge in [0.15, 0.2) is 5.82 Å². The van der Waals surface area contributed by atoms with E-state index < -0.39 is 0 Å². The van der Waals surface area contributed by atoms with E-state index in [0.717, 1.165) is 74.9 Å². The molecule has 0 atom stereocenters. The summed E-state index contributed by atoms with van der Waals surface area (Å²) in [5.74, 6) is 1.48. The molecule has 4 rings (SSSR count). The third-order valence-corrected chi connectivity index (χ3v) is 6.23. The van der Waals surface area contributed by atoms with Gasteiger partial charge in [0.2, 0.25) is 0 Å². The van der Waals surface area contributed by atoms with Gasteiger partial charge in [-0.2, -0.15) is 5.26 Å². The first-order valence-corrected chi connectivity index (χ1v) is 10.9. The fraction of sp³-hybridized carbons (Fsp3) is 0.500. The molecular weight excluding hydrogens is 400 g/mol. The van der Waals surface area contributed by atoms with Crippen LogP contribution in [0.1, 0.15) is 36.5 Å². The average Bonchev–Trinajstić information content (AvgIpc) is 2.98. The van der Waals surface area contributed by atoms with Crippen molar-refractivity contribution in [2.24, 2.45) is 0 Å². The van der Waals surface area contributed by atoms with Crippen LogP contribution in [0.3, 0.4) is 0 Å². The molecule has 2 aromatic rings. The number of nitriles is 1. The molecule has 0 amide bonds. The minimum absolute atomic E-state index is 0.0735. The Morgan fingerprint density at radius 2 is 1.93 bits per heavy atom. The first kappa shape index (κ1) is 20.7. The van der Waals surface area contributed by atoms with Gasteiger partial charge in [-0.05, 0) is 37.5 Å². The fourth-order valence-corrected chi connectivity index (χ4v) is 4.44. The highest BCUT2D eigenvalue weighted by Gasteiger charge is 2.24. The molecule has 1 N–H and O–H groups in total. The van der Waals surface area contributed by atoms with Gasteiger partial charge in [0.1, 0.15) is 23.2 Å². The summed E-state index contributed by atoms with van der Waals surface area (Å²) in [6.07, 6.45) is 4.16. The van der Waals surface area contributed by atoms with Crippen molar-refractivity contribution in [2.75, 3.05) is 37.6 Å². The molecule has 1 saturated heterocycles. The monoisotopic (exact) mass is 426 g/mol. The molecule has 158 valence electrons. The second-order valence-electron chi connectivity index (χ2n) is 8.03. The maximum absolute atomic E-state index is 10.8. The lowest BCUT2D eigenvalue weighted by Gasteiger charge is -2.36. The van der Waals surface area contributed by atoms with Crippen LogP contribution in [0.5, 0.6) is 0 Å². The van der Waals surface area contributed by atoms with Crippen LogP contribution in [0, 0.1) is 18.3 Å². The van der Waals surface area contributed by atoms with Crippen LogP contribution in [-0.2, 0) is 13.0 Å². The smallest absolute Gasteiger partial charge is 0.178 e. The average molecular weight is 427 g/mol. The number of halogens is 1. The maximum atomic E-state index is 10.8. The van der Waals surface area contributed by atoms with E-state index in [-0.39, 0.29) is 11.3 Å². The van der Waals surface area contributed by atoms with Gasteiger partial charge in [-0.25, -0.2) is 0 Å². The van der Waals surface area contributed by atoms with Crippen molar-refractivity contribution in [3.63, 3.8) is 0 Å². The number of fused-ring (bicyclic) bond motifs is 1. The number of aliphatic hydroxyl groups is 1. The molecule has 0 saturated carbocycles. The summed E-state index contributed by atoms with van der Waals surface area (Å²) < 4.78 is 2.00. The minimum atomic E-state index is 0.0735. The van der Waals surface area contributed by atoms with Gasteiger partial charge in [-0.3, -0.25) is 4.90 Å². The molecular formula is C22H27ClN6O. The molecule has 0 bridgehead atoms. The van der Waals surface area contributed by atoms with Crippen molar-refractivity contribution < 1.29 is 5.11 Å². The zero-order chi connectivity index (χ0) is 21.1. The summed E-state index contributed by atoms with van der Waals surface area (Å²) in [4.78, 5) is 4.49. The lowest BCUT2D eigenvalue weighted by atomic mass is 10.1. The zero-order valence-electron chi connectivity index (χ0n) is 17.3. The molecule has 1 aromatic carbocycles. The largest absolute Gasteiger partial charge is 0.509 e. The predicted molar refractivity (Wildman–Crippen MR) is 118 cm³/mol. The van der Waals surface area contributed by atoms with Crippen molar-refractivity contribution in [1.29, 1.82) is 5.26 Å². The number of hydrogen-bond acceptors (Lipinski definition) is 6. The van der Waals surface area contributed by atoms with Gasteiger partial charge < -0.3 is 14.6 Å². The van der Waals surface area contributed by atoms with Crippen LogP contribution in [0.2, 0.25) is 5.02 Å². The van der Waals surface area contributed by atoms with E-state index in [1.807, 2.05) is 22.8 Å². The van der Waals surface area contributed by atoms with E-state index in [1.54, 1.807) is 0 Å². The second kappa shape index (κ2) is 9.07. The van der Waals surface area contributed by atoms with E-state index in [9.17, 15) is 10.4 Å². The van der Waals surface area contributed by atoms with Gasteiger partial charge in [-0.15, -0.1) is 10.2 Å². The Kier molecular flexibility index (Phi) is 6.26. The number of aryl methyl sites for hydroxylation is 2. The van der Waals surface area contributed by atoms with E-state index >= 15 is 0 Å². The number of hydrogen-bond donors (Lipinski definition) is 1. The standard InChI is InChI=1S/C22H27ClN6O/c1-16-6-7-17(23)13-19(16)28-11-9-27(10-12-28)15-20(30)18(14-24)22-26-25-21-5-3-2-4-8-29(21)22/h6-7,13,30H,2-5,8-12,15H2,1H3/b20-18-. The number of aromatic nitrogens is 3. The normalized spacial score (nSPS) is 18.4. The van der Waals surface area contributed by atoms with E-state index in [1.165, 1.54) is 5.56 Å². The Labute approximate surface area is 182 Å². The van der Waals surface area contributed by atoms with Gasteiger partial charge >= 0.3 is 0 Å². The maximum Gasteiger partial charge on any atom is 0.178 e. The second-order valence-corrected chi connectivity index (χ2v) is 8.47. The highest BCUT2D eigenvalue weighted by atomic mass is 35.5. The molecule has 2 aliphatic rings. The molecule has 3 heterocycles. The highest BCUT2D eigenvalue weighted by molar-refractivity contribution is 6.30. The quantitative estimate of drug-likeness (QED) is 0.594. The number of benzene rings is 1. The van der Waals surface area contributed by atoms with Gasteiger partial charge in [-0.1, -0.05) is 24.1 Å². The topological polar surface area (TPSA) is 81.2 Å². The Hall–Kier alpha value is -2.56. The summed E-state index contributed by atoms with van der Waals surface area (Å²) in [5.41, 5.74) is 2.60. The van der Waals surface area contributed by atoms with Gasteiger partial charge in [0.25, 0.3) is 0 Å². The van der Waals surface area contributed by atoms with Crippen molar-refractivity contribution >= 4 is 22.9 Å². The van der Waals surface area contributed by atoms with Crippen molar-refractivity contribution in [1.82, 2.24) is 19.7 Å². The number of piperazine rings is 1. The number of anilines is 1. The fourth-order valence-electron chi connectivity index (χ4n) is 4.27. The molecule has 0 unspecified atom stereocenters. The van der Waals surface area contributed by atoms with Crippen LogP contribution in [0.4, 0.5) is 5.69 Å². The third-order valence-electron chi connectivity index (χ3n) is 5.99. The van der Waals surface area contributed by atoms with E-state index in [0.29, 0.717) is 12.4 Å². The van der Waals surface area contributed by atoms with Crippen molar-refractivity contribution in [3.8, 4) is 6.07 Å². The summed E-state index contributed by atoms with van der Waals surface area (Å²) in [5, 5.41) is 29.7. The molecule has 8 heteroatoms. The molecule has 0 aliphatic carbocycles. The lowest BCUT2D eigenvalue weighted by molar-refractivity contribution is 0.238. The van der Waals surface area contributed by atoms with Gasteiger partial charge in [0.05, 0.1) is 6.54 Å². The molecule has 0 spiro atoms. The summed E-state index contributed by atoms with van der Waals surface area (Å²) in [6, 6.07) is 8.13. The van der Waals surface area contributed by atoms with Crippen LogP contribution in [-0.4, -0.2) is 57.5 Å². The van der Waals surface area contributed by atoms with Crippen LogP contribution in [0.25, 0.3) is 5.57 Å². The molecule has 0 radical (unpaired) electrons. The molecule has 30 heavy (non-hydrogen) atoms. The first-order valence-electron chi connectivity index (χ1n) is 10.5. The summed E-state index contributed by atoms with van der Waals surface area (Å²) >= 11 is 6.17. The zero-order valence-corrected chi connectivity index (χ0v) is 18.1. The van der Waals surface area contributed by atoms with Crippen molar-refractivity contribution in [2.45, 2.75) is 39.2 Å². The number of allylic oxidation sites excluding steroid dienone is 1. The van der Waals surface area contributed by atoms with Crippen molar-refractivity contribution in [3.05, 3.63) is 46.2 Å². The lowest BCUT2D eigenvalue weighted by Crippen LogP contribution is -2.47. The Bertz CT molecular complexity index is 984. The Morgan fingerprint density at radius 1 is 1.13 bits per heavy atom. The van der Waals surface area contributed by atoms with E-state index in [4.69, 9.17) is 11.6 Å². The van der Waals surface area contributed by atoms with E-state index in [2.05, 4.69) is 33.0 Å². The molecule has 7 nitrogen and oxygen atoms in total. The molecule has 2 aliphatic heterocycles. The van der Waals surface area contributed by atoms with Gasteiger partial charge in [0, 0.05) is 49.9 Å². The van der Waals surface area contributed by atoms with Crippen LogP contribution in [0.15, 0.2) is 24.0 Å². The minimum Gasteiger partial charge on any atom is -0.509 e. The number of aliphatic hydroxyl groups excluding tert-OH is 1. The Morgan fingerprint density at radius 3 is 2.70 bits per heavy atom. The third kappa shape index (κ3) is 4.30. The van der Waals surface area contributed by atoms with Crippen LogP contribution < -0.4 is 4.90 Å². The molecule has 1 aromatic heterocycles. The number of rotatable bonds is 4. The van der Waals surface area contributed by atoms with Crippen LogP contribution >= 0.6 is 11.6 Å².